The molecular formula is C14H13Cl2N3O2. The van der Waals surface area contributed by atoms with Crippen molar-refractivity contribution in [3.8, 4) is 11.5 Å². The SMILES string of the molecule is Cc1nc(-c2ncc(Cl)cc2Cl)nc(C)c1C(C)C(=O)O. The normalized spacial score (nSPS) is 12.2. The predicted molar refractivity (Wildman–Crippen MR) is 80.8 cm³/mol. The molecule has 0 radical (unpaired) electrons. The first-order valence-corrected chi connectivity index (χ1v) is 6.96. The number of nitrogens with zero attached hydrogens (tertiary/aromatic N) is 3. The van der Waals surface area contributed by atoms with Gasteiger partial charge in [-0.2, -0.15) is 0 Å². The van der Waals surface area contributed by atoms with E-state index in [1.807, 2.05) is 0 Å². The van der Waals surface area contributed by atoms with E-state index in [0.717, 1.165) is 0 Å². The molecule has 2 aromatic rings. The summed E-state index contributed by atoms with van der Waals surface area (Å²) in [6.07, 6.45) is 1.46. The van der Waals surface area contributed by atoms with Gasteiger partial charge in [-0.1, -0.05) is 23.2 Å². The maximum atomic E-state index is 11.1. The Labute approximate surface area is 132 Å². The highest BCUT2D eigenvalue weighted by atomic mass is 35.5. The number of halogens is 2. The molecule has 0 aliphatic carbocycles. The number of pyridine rings is 1. The minimum Gasteiger partial charge on any atom is -0.481 e. The molecule has 0 spiro atoms. The number of hydrogen-bond acceptors (Lipinski definition) is 4. The number of rotatable bonds is 3. The largest absolute Gasteiger partial charge is 0.481 e. The molecule has 0 aromatic carbocycles. The van der Waals surface area contributed by atoms with Gasteiger partial charge in [0, 0.05) is 23.1 Å². The Morgan fingerprint density at radius 2 is 1.81 bits per heavy atom. The third-order valence-electron chi connectivity index (χ3n) is 3.15. The van der Waals surface area contributed by atoms with Crippen molar-refractivity contribution in [2.24, 2.45) is 0 Å². The molecule has 5 nitrogen and oxygen atoms in total. The highest BCUT2D eigenvalue weighted by molar-refractivity contribution is 6.35. The van der Waals surface area contributed by atoms with Crippen LogP contribution >= 0.6 is 23.2 Å². The molecule has 0 amide bonds. The van der Waals surface area contributed by atoms with Crippen LogP contribution in [-0.4, -0.2) is 26.0 Å². The second-order valence-electron chi connectivity index (χ2n) is 4.68. The first kappa shape index (κ1) is 15.7. The maximum Gasteiger partial charge on any atom is 0.310 e. The van der Waals surface area contributed by atoms with Crippen molar-refractivity contribution in [2.75, 3.05) is 0 Å². The summed E-state index contributed by atoms with van der Waals surface area (Å²) in [6.45, 7) is 5.10. The van der Waals surface area contributed by atoms with Gasteiger partial charge in [-0.25, -0.2) is 15.0 Å². The van der Waals surface area contributed by atoms with Crippen molar-refractivity contribution >= 4 is 29.2 Å². The lowest BCUT2D eigenvalue weighted by Gasteiger charge is -2.14. The van der Waals surface area contributed by atoms with E-state index in [9.17, 15) is 4.79 Å². The van der Waals surface area contributed by atoms with Crippen molar-refractivity contribution in [3.05, 3.63) is 39.3 Å². The first-order valence-electron chi connectivity index (χ1n) is 6.20. The Morgan fingerprint density at radius 3 is 2.29 bits per heavy atom. The van der Waals surface area contributed by atoms with Crippen LogP contribution in [0.15, 0.2) is 12.3 Å². The molecular weight excluding hydrogens is 313 g/mol. The van der Waals surface area contributed by atoms with E-state index in [4.69, 9.17) is 28.3 Å². The number of aromatic nitrogens is 3. The van der Waals surface area contributed by atoms with Gasteiger partial charge in [0.05, 0.1) is 16.0 Å². The van der Waals surface area contributed by atoms with Crippen LogP contribution in [0.1, 0.15) is 29.8 Å². The minimum absolute atomic E-state index is 0.348. The highest BCUT2D eigenvalue weighted by Crippen LogP contribution is 2.28. The van der Waals surface area contributed by atoms with Crippen LogP contribution in [0.25, 0.3) is 11.5 Å². The van der Waals surface area contributed by atoms with Crippen molar-refractivity contribution in [1.29, 1.82) is 0 Å². The summed E-state index contributed by atoms with van der Waals surface area (Å²) < 4.78 is 0. The lowest BCUT2D eigenvalue weighted by atomic mass is 9.98. The van der Waals surface area contributed by atoms with Crippen LogP contribution < -0.4 is 0 Å². The second kappa shape index (κ2) is 5.95. The lowest BCUT2D eigenvalue weighted by molar-refractivity contribution is -0.138. The summed E-state index contributed by atoms with van der Waals surface area (Å²) in [5.74, 6) is -1.24. The second-order valence-corrected chi connectivity index (χ2v) is 5.52. The molecule has 2 heterocycles. The van der Waals surface area contributed by atoms with Gasteiger partial charge in [-0.3, -0.25) is 4.79 Å². The van der Waals surface area contributed by atoms with Gasteiger partial charge in [0.25, 0.3) is 0 Å². The predicted octanol–water partition coefficient (Wildman–Crippen LogP) is 3.65. The van der Waals surface area contributed by atoms with Crippen LogP contribution in [-0.2, 0) is 4.79 Å². The Bertz CT molecular complexity index is 696. The van der Waals surface area contributed by atoms with E-state index >= 15 is 0 Å². The summed E-state index contributed by atoms with van der Waals surface area (Å²) in [4.78, 5) is 23.9. The zero-order valence-corrected chi connectivity index (χ0v) is 13.2. The van der Waals surface area contributed by atoms with Gasteiger partial charge in [-0.15, -0.1) is 0 Å². The molecule has 21 heavy (non-hydrogen) atoms. The van der Waals surface area contributed by atoms with E-state index in [-0.39, 0.29) is 0 Å². The summed E-state index contributed by atoms with van der Waals surface area (Å²) >= 11 is 11.9. The maximum absolute atomic E-state index is 11.1. The molecule has 1 unspecified atom stereocenters. The van der Waals surface area contributed by atoms with Gasteiger partial charge in [0.15, 0.2) is 5.82 Å². The van der Waals surface area contributed by atoms with Gasteiger partial charge < -0.3 is 5.11 Å². The Morgan fingerprint density at radius 1 is 1.24 bits per heavy atom. The standard InChI is InChI=1S/C14H13Cl2N3O2/c1-6(14(20)21)11-7(2)18-13(19-8(11)3)12-10(16)4-9(15)5-17-12/h4-6H,1-3H3,(H,20,21). The quantitative estimate of drug-likeness (QED) is 0.932. The van der Waals surface area contributed by atoms with E-state index in [0.29, 0.717) is 38.5 Å². The first-order chi connectivity index (χ1) is 9.81. The summed E-state index contributed by atoms with van der Waals surface area (Å²) in [7, 11) is 0. The average molecular weight is 326 g/mol. The van der Waals surface area contributed by atoms with Gasteiger partial charge in [0.2, 0.25) is 0 Å². The molecule has 2 aromatic heterocycles. The van der Waals surface area contributed by atoms with Crippen LogP contribution in [0.5, 0.6) is 0 Å². The van der Waals surface area contributed by atoms with Crippen LogP contribution in [0, 0.1) is 13.8 Å². The zero-order chi connectivity index (χ0) is 15.7. The van der Waals surface area contributed by atoms with Crippen molar-refractivity contribution in [3.63, 3.8) is 0 Å². The third kappa shape index (κ3) is 3.14. The summed E-state index contributed by atoms with van der Waals surface area (Å²) in [6, 6.07) is 1.56. The molecule has 0 aliphatic rings. The summed E-state index contributed by atoms with van der Waals surface area (Å²) in [5.41, 5.74) is 2.22. The van der Waals surface area contributed by atoms with Gasteiger partial charge in [-0.05, 0) is 26.8 Å². The molecule has 7 heteroatoms. The molecule has 110 valence electrons. The fourth-order valence-corrected chi connectivity index (χ4v) is 2.62. The molecule has 1 atom stereocenters. The Balaban J connectivity index is 2.56. The van der Waals surface area contributed by atoms with Crippen molar-refractivity contribution < 1.29 is 9.90 Å². The Hall–Kier alpha value is -1.72. The van der Waals surface area contributed by atoms with E-state index in [1.165, 1.54) is 6.20 Å². The van der Waals surface area contributed by atoms with Gasteiger partial charge >= 0.3 is 5.97 Å². The number of carboxylic acid groups (broad SMARTS) is 1. The van der Waals surface area contributed by atoms with E-state index in [2.05, 4.69) is 15.0 Å². The molecule has 1 N–H and O–H groups in total. The third-order valence-corrected chi connectivity index (χ3v) is 3.64. The summed E-state index contributed by atoms with van der Waals surface area (Å²) in [5, 5.41) is 9.91. The molecule has 0 saturated heterocycles. The lowest BCUT2D eigenvalue weighted by Crippen LogP contribution is -2.13. The number of hydrogen-bond donors (Lipinski definition) is 1. The van der Waals surface area contributed by atoms with Crippen molar-refractivity contribution in [1.82, 2.24) is 15.0 Å². The molecule has 0 aliphatic heterocycles. The number of carboxylic acids is 1. The highest BCUT2D eigenvalue weighted by Gasteiger charge is 2.22. The Kier molecular flexibility index (Phi) is 4.44. The molecule has 0 fully saturated rings. The number of carbonyl (C=O) groups is 1. The smallest absolute Gasteiger partial charge is 0.310 e. The van der Waals surface area contributed by atoms with E-state index in [1.54, 1.807) is 26.8 Å². The van der Waals surface area contributed by atoms with Crippen LogP contribution in [0.2, 0.25) is 10.0 Å². The topological polar surface area (TPSA) is 76.0 Å². The fraction of sp³-hybridized carbons (Fsp3) is 0.286. The van der Waals surface area contributed by atoms with E-state index < -0.39 is 11.9 Å². The molecule has 0 bridgehead atoms. The number of aryl methyl sites for hydroxylation is 2. The van der Waals surface area contributed by atoms with Crippen LogP contribution in [0.3, 0.4) is 0 Å². The van der Waals surface area contributed by atoms with Crippen LogP contribution in [0.4, 0.5) is 0 Å². The van der Waals surface area contributed by atoms with Gasteiger partial charge in [0.1, 0.15) is 5.69 Å². The minimum atomic E-state index is -0.916. The zero-order valence-electron chi connectivity index (χ0n) is 11.7. The molecule has 2 rings (SSSR count). The average Bonchev–Trinajstić information content (AvgIpc) is 2.37. The fourth-order valence-electron chi connectivity index (χ4n) is 2.16. The van der Waals surface area contributed by atoms with Crippen molar-refractivity contribution in [2.45, 2.75) is 26.7 Å². The molecule has 0 saturated carbocycles. The number of aliphatic carboxylic acids is 1. The monoisotopic (exact) mass is 325 g/mol.